The lowest BCUT2D eigenvalue weighted by Crippen LogP contribution is -1.95. The Balaban J connectivity index is 2.51. The van der Waals surface area contributed by atoms with Gasteiger partial charge in [0.15, 0.2) is 0 Å². The van der Waals surface area contributed by atoms with E-state index in [4.69, 9.17) is 0 Å². The van der Waals surface area contributed by atoms with Crippen LogP contribution in [0.3, 0.4) is 0 Å². The average Bonchev–Trinajstić information content (AvgIpc) is 2.30. The Labute approximate surface area is 82.8 Å². The highest BCUT2D eigenvalue weighted by Gasteiger charge is 2.03. The van der Waals surface area contributed by atoms with Crippen molar-refractivity contribution in [2.45, 2.75) is 0 Å². The molecule has 3 heteroatoms. The Bertz CT molecular complexity index is 412. The minimum absolute atomic E-state index is 0.885. The number of rotatable bonds is 2. The van der Waals surface area contributed by atoms with E-state index in [2.05, 4.69) is 15.5 Å². The number of hydrogen-bond acceptors (Lipinski definition) is 3. The monoisotopic (exact) mass is 185 g/mol. The molecule has 1 aromatic carbocycles. The second-order valence-electron chi connectivity index (χ2n) is 2.91. The lowest BCUT2D eigenvalue weighted by Gasteiger charge is -2.05. The van der Waals surface area contributed by atoms with Crippen LogP contribution in [0.5, 0.6) is 0 Å². The first-order valence-corrected chi connectivity index (χ1v) is 4.46. The highest BCUT2D eigenvalue weighted by molar-refractivity contribution is 5.73. The molecule has 0 fully saturated rings. The van der Waals surface area contributed by atoms with E-state index in [-0.39, 0.29) is 0 Å². The number of anilines is 1. The largest absolute Gasteiger partial charge is 0.386 e. The maximum atomic E-state index is 4.11. The highest BCUT2D eigenvalue weighted by atomic mass is 15.1. The van der Waals surface area contributed by atoms with Gasteiger partial charge < -0.3 is 5.32 Å². The summed E-state index contributed by atoms with van der Waals surface area (Å²) in [4.78, 5) is 0. The fourth-order valence-electron chi connectivity index (χ4n) is 1.34. The minimum Gasteiger partial charge on any atom is -0.386 e. The topological polar surface area (TPSA) is 37.8 Å². The summed E-state index contributed by atoms with van der Waals surface area (Å²) in [5, 5.41) is 11.1. The quantitative estimate of drug-likeness (QED) is 0.779. The van der Waals surface area contributed by atoms with Crippen LogP contribution < -0.4 is 5.32 Å². The number of nitrogens with one attached hydrogen (secondary N) is 1. The normalized spacial score (nSPS) is 9.79. The van der Waals surface area contributed by atoms with Crippen molar-refractivity contribution in [2.24, 2.45) is 0 Å². The van der Waals surface area contributed by atoms with Crippen molar-refractivity contribution in [2.75, 3.05) is 12.4 Å². The maximum absolute atomic E-state index is 4.11. The number of nitrogens with zero attached hydrogens (tertiary/aromatic N) is 2. The Kier molecular flexibility index (Phi) is 2.40. The van der Waals surface area contributed by atoms with Gasteiger partial charge in [-0.2, -0.15) is 5.10 Å². The van der Waals surface area contributed by atoms with E-state index < -0.39 is 0 Å². The van der Waals surface area contributed by atoms with Gasteiger partial charge in [-0.25, -0.2) is 0 Å². The van der Waals surface area contributed by atoms with Gasteiger partial charge in [-0.3, -0.25) is 0 Å². The molecule has 1 N–H and O–H groups in total. The Morgan fingerprint density at radius 3 is 2.57 bits per heavy atom. The van der Waals surface area contributed by atoms with Gasteiger partial charge in [-0.05, 0) is 6.07 Å². The summed E-state index contributed by atoms with van der Waals surface area (Å²) in [6.45, 7) is 0. The van der Waals surface area contributed by atoms with Gasteiger partial charge in [0, 0.05) is 12.6 Å². The van der Waals surface area contributed by atoms with Crippen LogP contribution in [-0.2, 0) is 0 Å². The molecular weight excluding hydrogens is 174 g/mol. The smallest absolute Gasteiger partial charge is 0.116 e. The van der Waals surface area contributed by atoms with E-state index in [1.165, 1.54) is 0 Å². The molecule has 1 heterocycles. The standard InChI is InChI=1S/C11H11N3/c1-12-10-7-8-13-14-11(10)9-5-3-2-4-6-9/h2-8H,1H3,(H,12,13). The number of hydrogen-bond donors (Lipinski definition) is 1. The zero-order valence-corrected chi connectivity index (χ0v) is 7.94. The summed E-state index contributed by atoms with van der Waals surface area (Å²) in [7, 11) is 1.88. The van der Waals surface area contributed by atoms with Gasteiger partial charge in [-0.15, -0.1) is 5.10 Å². The van der Waals surface area contributed by atoms with Crippen molar-refractivity contribution in [1.29, 1.82) is 0 Å². The van der Waals surface area contributed by atoms with Crippen LogP contribution in [0.25, 0.3) is 11.3 Å². The second-order valence-corrected chi connectivity index (χ2v) is 2.91. The summed E-state index contributed by atoms with van der Waals surface area (Å²) in [5.41, 5.74) is 2.95. The third-order valence-electron chi connectivity index (χ3n) is 2.04. The highest BCUT2D eigenvalue weighted by Crippen LogP contribution is 2.23. The second kappa shape index (κ2) is 3.87. The molecule has 0 aliphatic carbocycles. The molecule has 14 heavy (non-hydrogen) atoms. The van der Waals surface area contributed by atoms with Crippen LogP contribution in [0.1, 0.15) is 0 Å². The van der Waals surface area contributed by atoms with E-state index in [0.717, 1.165) is 16.9 Å². The molecule has 0 spiro atoms. The number of benzene rings is 1. The van der Waals surface area contributed by atoms with Gasteiger partial charge in [-0.1, -0.05) is 30.3 Å². The van der Waals surface area contributed by atoms with Crippen molar-refractivity contribution < 1.29 is 0 Å². The van der Waals surface area contributed by atoms with Crippen LogP contribution in [0, 0.1) is 0 Å². The average molecular weight is 185 g/mol. The molecule has 0 bridgehead atoms. The van der Waals surface area contributed by atoms with Crippen LogP contribution in [0.15, 0.2) is 42.6 Å². The first kappa shape index (κ1) is 8.69. The zero-order chi connectivity index (χ0) is 9.80. The lowest BCUT2D eigenvalue weighted by molar-refractivity contribution is 1.04. The van der Waals surface area contributed by atoms with E-state index in [1.807, 2.05) is 43.4 Å². The molecule has 70 valence electrons. The summed E-state index contributed by atoms with van der Waals surface area (Å²) in [6, 6.07) is 11.9. The molecule has 3 nitrogen and oxygen atoms in total. The van der Waals surface area contributed by atoms with Gasteiger partial charge >= 0.3 is 0 Å². The fraction of sp³-hybridized carbons (Fsp3) is 0.0909. The van der Waals surface area contributed by atoms with Crippen LogP contribution in [0.2, 0.25) is 0 Å². The molecular formula is C11H11N3. The third-order valence-corrected chi connectivity index (χ3v) is 2.04. The zero-order valence-electron chi connectivity index (χ0n) is 7.94. The minimum atomic E-state index is 0.885. The Morgan fingerprint density at radius 2 is 1.86 bits per heavy atom. The predicted molar refractivity (Wildman–Crippen MR) is 57.0 cm³/mol. The molecule has 0 amide bonds. The molecule has 0 saturated heterocycles. The molecule has 0 atom stereocenters. The molecule has 0 saturated carbocycles. The predicted octanol–water partition coefficient (Wildman–Crippen LogP) is 2.19. The summed E-state index contributed by atoms with van der Waals surface area (Å²) in [6.07, 6.45) is 1.68. The van der Waals surface area contributed by atoms with E-state index >= 15 is 0 Å². The third kappa shape index (κ3) is 1.57. The van der Waals surface area contributed by atoms with E-state index in [1.54, 1.807) is 6.20 Å². The maximum Gasteiger partial charge on any atom is 0.116 e. The van der Waals surface area contributed by atoms with Gasteiger partial charge in [0.2, 0.25) is 0 Å². The first-order chi connectivity index (χ1) is 6.92. The van der Waals surface area contributed by atoms with Gasteiger partial charge in [0.05, 0.1) is 11.9 Å². The summed E-state index contributed by atoms with van der Waals surface area (Å²) < 4.78 is 0. The van der Waals surface area contributed by atoms with Crippen LogP contribution in [-0.4, -0.2) is 17.2 Å². The molecule has 2 rings (SSSR count). The van der Waals surface area contributed by atoms with Crippen LogP contribution in [0.4, 0.5) is 5.69 Å². The lowest BCUT2D eigenvalue weighted by atomic mass is 10.1. The fourth-order valence-corrected chi connectivity index (χ4v) is 1.34. The van der Waals surface area contributed by atoms with E-state index in [0.29, 0.717) is 0 Å². The van der Waals surface area contributed by atoms with Gasteiger partial charge in [0.25, 0.3) is 0 Å². The van der Waals surface area contributed by atoms with Crippen molar-refractivity contribution >= 4 is 5.69 Å². The molecule has 0 radical (unpaired) electrons. The Morgan fingerprint density at radius 1 is 1.07 bits per heavy atom. The summed E-state index contributed by atoms with van der Waals surface area (Å²) >= 11 is 0. The van der Waals surface area contributed by atoms with Crippen molar-refractivity contribution in [3.05, 3.63) is 42.6 Å². The molecule has 2 aromatic rings. The SMILES string of the molecule is CNc1ccnnc1-c1ccccc1. The van der Waals surface area contributed by atoms with Crippen molar-refractivity contribution in [1.82, 2.24) is 10.2 Å². The van der Waals surface area contributed by atoms with Crippen molar-refractivity contribution in [3.8, 4) is 11.3 Å². The van der Waals surface area contributed by atoms with Crippen LogP contribution >= 0.6 is 0 Å². The molecule has 1 aromatic heterocycles. The summed E-state index contributed by atoms with van der Waals surface area (Å²) in [5.74, 6) is 0. The van der Waals surface area contributed by atoms with E-state index in [9.17, 15) is 0 Å². The number of aromatic nitrogens is 2. The Hall–Kier alpha value is -1.90. The molecule has 0 aliphatic rings. The van der Waals surface area contributed by atoms with Crippen molar-refractivity contribution in [3.63, 3.8) is 0 Å². The molecule has 0 aliphatic heterocycles. The first-order valence-electron chi connectivity index (χ1n) is 4.46. The van der Waals surface area contributed by atoms with Gasteiger partial charge in [0.1, 0.15) is 5.69 Å². The molecule has 0 unspecified atom stereocenters.